The molecule has 0 spiro atoms. The summed E-state index contributed by atoms with van der Waals surface area (Å²) in [6, 6.07) is 0. The third-order valence-corrected chi connectivity index (χ3v) is 3.00. The van der Waals surface area contributed by atoms with Crippen LogP contribution in [0, 0.1) is 5.92 Å². The maximum Gasteiger partial charge on any atom is -0.00997 e. The molecule has 0 aromatic carbocycles. The molecule has 0 aromatic rings. The Hall–Kier alpha value is 0.220. The first-order valence-electron chi connectivity index (χ1n) is 3.07. The first-order chi connectivity index (χ1) is 3.66. The lowest BCUT2D eigenvalue weighted by Gasteiger charge is -2.03. The summed E-state index contributed by atoms with van der Waals surface area (Å²) in [5.41, 5.74) is 0. The molecule has 0 heterocycles. The van der Waals surface area contributed by atoms with Gasteiger partial charge in [0.2, 0.25) is 0 Å². The lowest BCUT2D eigenvalue weighted by atomic mass is 10.3. The molecule has 0 nitrogen and oxygen atoms in total. The van der Waals surface area contributed by atoms with Gasteiger partial charge in [-0.05, 0) is 24.9 Å². The van der Waals surface area contributed by atoms with Gasteiger partial charge < -0.3 is 0 Å². The van der Waals surface area contributed by atoms with Gasteiger partial charge >= 0.3 is 0 Å². The van der Waals surface area contributed by atoms with Crippen LogP contribution in [0.15, 0.2) is 0 Å². The van der Waals surface area contributed by atoms with Crippen molar-refractivity contribution in [3.8, 4) is 0 Å². The first-order valence-corrected chi connectivity index (χ1v) is 4.94. The Morgan fingerprint density at radius 2 is 2.00 bits per heavy atom. The van der Waals surface area contributed by atoms with Gasteiger partial charge in [0.25, 0.3) is 0 Å². The van der Waals surface area contributed by atoms with Crippen LogP contribution in [0.5, 0.6) is 0 Å². The monoisotopic (exact) mass is 132 g/mol. The second kappa shape index (κ2) is 4.13. The van der Waals surface area contributed by atoms with Gasteiger partial charge in [0, 0.05) is 0 Å². The summed E-state index contributed by atoms with van der Waals surface area (Å²) in [4.78, 5) is 0. The van der Waals surface area contributed by atoms with E-state index in [1.54, 1.807) is 0 Å². The van der Waals surface area contributed by atoms with Crippen molar-refractivity contribution >= 4 is 15.9 Å². The smallest absolute Gasteiger partial charge is 0.00997 e. The Morgan fingerprint density at radius 3 is 2.12 bits per heavy atom. The van der Waals surface area contributed by atoms with Crippen LogP contribution in [0.25, 0.3) is 0 Å². The van der Waals surface area contributed by atoms with E-state index in [0.717, 1.165) is 5.92 Å². The molecule has 0 saturated carbocycles. The molecule has 1 unspecified atom stereocenters. The average Bonchev–Trinajstić information content (AvgIpc) is 1.65. The molecule has 8 heavy (non-hydrogen) atoms. The lowest BCUT2D eigenvalue weighted by Crippen LogP contribution is -1.91. The van der Waals surface area contributed by atoms with Gasteiger partial charge in [-0.1, -0.05) is 19.2 Å². The topological polar surface area (TPSA) is 0 Å². The van der Waals surface area contributed by atoms with E-state index in [2.05, 4.69) is 32.4 Å². The Kier molecular flexibility index (Phi) is 4.25. The van der Waals surface area contributed by atoms with Gasteiger partial charge in [-0.2, -0.15) is 10.5 Å². The Labute approximate surface area is 55.2 Å². The highest BCUT2D eigenvalue weighted by Gasteiger charge is 1.90. The minimum absolute atomic E-state index is 0.568. The molecule has 0 amide bonds. The largest absolute Gasteiger partial charge is 0.193 e. The van der Waals surface area contributed by atoms with Gasteiger partial charge in [0.1, 0.15) is 0 Å². The molecule has 1 atom stereocenters. The quantitative estimate of drug-likeness (QED) is 0.506. The fourth-order valence-electron chi connectivity index (χ4n) is 0.622. The van der Waals surface area contributed by atoms with E-state index in [4.69, 9.17) is 0 Å². The molecule has 0 saturated heterocycles. The second-order valence-corrected chi connectivity index (χ2v) is 4.67. The Bertz CT molecular complexity index is 82.4. The summed E-state index contributed by atoms with van der Waals surface area (Å²) in [7, 11) is 0.568. The summed E-state index contributed by atoms with van der Waals surface area (Å²) in [5.74, 6) is 2.22. The van der Waals surface area contributed by atoms with E-state index in [-0.39, 0.29) is 0 Å². The van der Waals surface area contributed by atoms with Crippen molar-refractivity contribution < 1.29 is 0 Å². The maximum absolute atomic E-state index is 2.29. The van der Waals surface area contributed by atoms with Crippen molar-refractivity contribution in [3.63, 3.8) is 0 Å². The molecule has 0 fully saturated rings. The van der Waals surface area contributed by atoms with Gasteiger partial charge in [0.05, 0.1) is 0 Å². The van der Waals surface area contributed by atoms with E-state index in [0.29, 0.717) is 10.5 Å². The molecule has 50 valence electrons. The van der Waals surface area contributed by atoms with E-state index in [9.17, 15) is 0 Å². The molecule has 0 aliphatic heterocycles. The van der Waals surface area contributed by atoms with E-state index >= 15 is 0 Å². The first kappa shape index (κ1) is 8.22. The van der Waals surface area contributed by atoms with Crippen LogP contribution in [0.4, 0.5) is 0 Å². The zero-order valence-corrected chi connectivity index (χ0v) is 7.09. The van der Waals surface area contributed by atoms with Crippen LogP contribution in [-0.4, -0.2) is 17.4 Å². The summed E-state index contributed by atoms with van der Waals surface area (Å²) in [6.07, 6.45) is 2.29. The fourth-order valence-corrected chi connectivity index (χ4v) is 1.87. The summed E-state index contributed by atoms with van der Waals surface area (Å²) in [5, 5.41) is 2.29. The number of hydrogen-bond donors (Lipinski definition) is 0. The molecule has 0 bridgehead atoms. The minimum Gasteiger partial charge on any atom is -0.193 e. The number of hydrogen-bond acceptors (Lipinski definition) is 0. The van der Waals surface area contributed by atoms with Gasteiger partial charge in [-0.3, -0.25) is 0 Å². The van der Waals surface area contributed by atoms with Crippen LogP contribution in [-0.2, 0) is 0 Å². The van der Waals surface area contributed by atoms with Crippen LogP contribution in [0.2, 0.25) is 0 Å². The van der Waals surface area contributed by atoms with Crippen LogP contribution in [0.3, 0.4) is 0 Å². The Balaban J connectivity index is 3.39. The van der Waals surface area contributed by atoms with Crippen molar-refractivity contribution in [3.05, 3.63) is 0 Å². The van der Waals surface area contributed by atoms with Gasteiger partial charge in [-0.15, -0.1) is 0 Å². The Morgan fingerprint density at radius 1 is 1.50 bits per heavy atom. The summed E-state index contributed by atoms with van der Waals surface area (Å²) < 4.78 is 0. The van der Waals surface area contributed by atoms with Gasteiger partial charge in [-0.25, -0.2) is 0 Å². The maximum atomic E-state index is 2.29. The van der Waals surface area contributed by atoms with Crippen LogP contribution in [0.1, 0.15) is 20.8 Å². The zero-order chi connectivity index (χ0) is 6.57. The average molecular weight is 132 g/mol. The molecule has 0 N–H and O–H groups in total. The van der Waals surface area contributed by atoms with Crippen molar-refractivity contribution in [2.45, 2.75) is 20.8 Å². The predicted octanol–water partition coefficient (Wildman–Crippen LogP) is 2.36. The third kappa shape index (κ3) is 4.38. The zero-order valence-electron chi connectivity index (χ0n) is 6.27. The third-order valence-electron chi connectivity index (χ3n) is 0.999. The van der Waals surface area contributed by atoms with Crippen LogP contribution < -0.4 is 0 Å². The van der Waals surface area contributed by atoms with Crippen molar-refractivity contribution in [2.75, 3.05) is 12.0 Å². The van der Waals surface area contributed by atoms with E-state index in [1.807, 2.05) is 0 Å². The molecule has 1 heteroatoms. The molecular formula is C7H16S. The minimum atomic E-state index is 0.568. The lowest BCUT2D eigenvalue weighted by molar-refractivity contribution is 0.751. The molecule has 0 rings (SSSR count). The molecule has 0 aliphatic carbocycles. The molecule has 0 aromatic heterocycles. The highest BCUT2D eigenvalue weighted by molar-refractivity contribution is 8.14. The standard InChI is InChI=1S/C7H16S/c1-5-8(4)6-7(2)3/h5,7H,6H2,1-4H3. The fraction of sp³-hybridized carbons (Fsp3) is 0.857. The highest BCUT2D eigenvalue weighted by Crippen LogP contribution is 2.09. The van der Waals surface area contributed by atoms with Crippen molar-refractivity contribution in [1.82, 2.24) is 0 Å². The normalized spacial score (nSPS) is 15.1. The molecule has 0 radical (unpaired) electrons. The molecular weight excluding hydrogens is 116 g/mol. The van der Waals surface area contributed by atoms with Crippen LogP contribution >= 0.6 is 10.5 Å². The molecule has 0 aliphatic rings. The summed E-state index contributed by atoms with van der Waals surface area (Å²) in [6.45, 7) is 6.69. The van der Waals surface area contributed by atoms with E-state index in [1.165, 1.54) is 5.75 Å². The van der Waals surface area contributed by atoms with Crippen molar-refractivity contribution in [2.24, 2.45) is 5.92 Å². The summed E-state index contributed by atoms with van der Waals surface area (Å²) >= 11 is 0. The van der Waals surface area contributed by atoms with E-state index < -0.39 is 0 Å². The van der Waals surface area contributed by atoms with Gasteiger partial charge in [0.15, 0.2) is 0 Å². The number of rotatable bonds is 2. The predicted molar refractivity (Wildman–Crippen MR) is 45.0 cm³/mol. The van der Waals surface area contributed by atoms with Crippen molar-refractivity contribution in [1.29, 1.82) is 0 Å². The highest BCUT2D eigenvalue weighted by atomic mass is 32.2. The SMILES string of the molecule is CC=S(C)CC(C)C. The second-order valence-electron chi connectivity index (χ2n) is 2.49.